The number of nitriles is 1. The Balaban J connectivity index is 1.82. The molecule has 0 unspecified atom stereocenters. The van der Waals surface area contributed by atoms with Crippen LogP contribution in [0.5, 0.6) is 0 Å². The summed E-state index contributed by atoms with van der Waals surface area (Å²) in [6.07, 6.45) is 6.20. The molecule has 4 nitrogen and oxygen atoms in total. The Kier molecular flexibility index (Phi) is 5.77. The third-order valence-electron chi connectivity index (χ3n) is 3.90. The molecule has 21 heavy (non-hydrogen) atoms. The highest BCUT2D eigenvalue weighted by Gasteiger charge is 2.16. The van der Waals surface area contributed by atoms with Crippen LogP contribution in [-0.4, -0.2) is 27.4 Å². The summed E-state index contributed by atoms with van der Waals surface area (Å²) >= 11 is 0. The van der Waals surface area contributed by atoms with Crippen molar-refractivity contribution in [3.8, 4) is 6.07 Å². The lowest BCUT2D eigenvalue weighted by atomic mass is 9.90. The first kappa shape index (κ1) is 16.0. The Morgan fingerprint density at radius 2 is 2.00 bits per heavy atom. The fourth-order valence-electron chi connectivity index (χ4n) is 2.65. The molecule has 0 radical (unpaired) electrons. The third-order valence-corrected chi connectivity index (χ3v) is 5.57. The van der Waals surface area contributed by atoms with Gasteiger partial charge in [-0.1, -0.05) is 25.3 Å². The standard InChI is InChI=1S/C16H21NO3S/c17-12-15-7-4-8-16(11-15)21(18,19)10-9-20-13-14-5-2-1-3-6-14/h4,7-8,11,14H,1-3,5-6,9-10,13H2. The van der Waals surface area contributed by atoms with Crippen LogP contribution in [-0.2, 0) is 14.6 Å². The van der Waals surface area contributed by atoms with Crippen molar-refractivity contribution in [3.05, 3.63) is 29.8 Å². The molecule has 0 saturated heterocycles. The van der Waals surface area contributed by atoms with E-state index in [2.05, 4.69) is 0 Å². The van der Waals surface area contributed by atoms with E-state index in [1.54, 1.807) is 12.1 Å². The van der Waals surface area contributed by atoms with E-state index in [0.717, 1.165) is 0 Å². The molecule has 0 aliphatic heterocycles. The zero-order valence-electron chi connectivity index (χ0n) is 12.1. The fraction of sp³-hybridized carbons (Fsp3) is 0.562. The molecular weight excluding hydrogens is 286 g/mol. The second-order valence-electron chi connectivity index (χ2n) is 5.54. The van der Waals surface area contributed by atoms with E-state index in [1.165, 1.54) is 44.2 Å². The minimum Gasteiger partial charge on any atom is -0.380 e. The molecule has 0 amide bonds. The number of nitrogens with zero attached hydrogens (tertiary/aromatic N) is 1. The van der Waals surface area contributed by atoms with E-state index in [1.807, 2.05) is 6.07 Å². The van der Waals surface area contributed by atoms with Crippen LogP contribution in [0.15, 0.2) is 29.2 Å². The minimum atomic E-state index is -3.37. The van der Waals surface area contributed by atoms with Crippen molar-refractivity contribution in [1.82, 2.24) is 0 Å². The quantitative estimate of drug-likeness (QED) is 0.758. The number of ether oxygens (including phenoxy) is 1. The summed E-state index contributed by atoms with van der Waals surface area (Å²) in [5, 5.41) is 8.82. The van der Waals surface area contributed by atoms with Gasteiger partial charge in [0.15, 0.2) is 9.84 Å². The third kappa shape index (κ3) is 4.83. The Hall–Kier alpha value is -1.38. The van der Waals surface area contributed by atoms with Gasteiger partial charge < -0.3 is 4.74 Å². The molecule has 0 atom stereocenters. The van der Waals surface area contributed by atoms with Crippen molar-refractivity contribution < 1.29 is 13.2 Å². The maximum atomic E-state index is 12.2. The summed E-state index contributed by atoms with van der Waals surface area (Å²) in [5.74, 6) is 0.553. The van der Waals surface area contributed by atoms with Crippen molar-refractivity contribution in [1.29, 1.82) is 5.26 Å². The molecule has 1 aliphatic carbocycles. The van der Waals surface area contributed by atoms with E-state index in [9.17, 15) is 8.42 Å². The molecule has 1 aliphatic rings. The number of rotatable bonds is 6. The lowest BCUT2D eigenvalue weighted by Crippen LogP contribution is -2.18. The van der Waals surface area contributed by atoms with Crippen LogP contribution < -0.4 is 0 Å². The molecule has 0 spiro atoms. The van der Waals surface area contributed by atoms with E-state index in [4.69, 9.17) is 10.00 Å². The molecule has 0 N–H and O–H groups in total. The van der Waals surface area contributed by atoms with Crippen molar-refractivity contribution in [2.45, 2.75) is 37.0 Å². The van der Waals surface area contributed by atoms with E-state index < -0.39 is 9.84 Å². The van der Waals surface area contributed by atoms with Crippen LogP contribution in [0.4, 0.5) is 0 Å². The molecule has 114 valence electrons. The molecule has 0 bridgehead atoms. The smallest absolute Gasteiger partial charge is 0.180 e. The van der Waals surface area contributed by atoms with Crippen LogP contribution in [0, 0.1) is 17.2 Å². The maximum Gasteiger partial charge on any atom is 0.180 e. The minimum absolute atomic E-state index is 0.0331. The van der Waals surface area contributed by atoms with E-state index in [-0.39, 0.29) is 17.3 Å². The molecule has 0 heterocycles. The monoisotopic (exact) mass is 307 g/mol. The first-order valence-corrected chi connectivity index (χ1v) is 9.08. The molecule has 1 saturated carbocycles. The van der Waals surface area contributed by atoms with Gasteiger partial charge in [0.1, 0.15) is 0 Å². The van der Waals surface area contributed by atoms with Gasteiger partial charge in [-0.05, 0) is 37.0 Å². The zero-order valence-corrected chi connectivity index (χ0v) is 12.9. The highest BCUT2D eigenvalue weighted by atomic mass is 32.2. The van der Waals surface area contributed by atoms with Crippen molar-refractivity contribution in [3.63, 3.8) is 0 Å². The summed E-state index contributed by atoms with van der Waals surface area (Å²) in [6, 6.07) is 8.08. The second kappa shape index (κ2) is 7.58. The Bertz CT molecular complexity index is 598. The lowest BCUT2D eigenvalue weighted by molar-refractivity contribution is 0.0960. The summed E-state index contributed by atoms with van der Waals surface area (Å²) in [5.41, 5.74) is 0.360. The maximum absolute atomic E-state index is 12.2. The zero-order chi connectivity index (χ0) is 15.1. The molecule has 0 aromatic heterocycles. The molecule has 1 aromatic rings. The van der Waals surface area contributed by atoms with Crippen LogP contribution in [0.2, 0.25) is 0 Å². The largest absolute Gasteiger partial charge is 0.380 e. The average Bonchev–Trinajstić information content (AvgIpc) is 2.53. The van der Waals surface area contributed by atoms with Crippen LogP contribution in [0.3, 0.4) is 0 Å². The first-order valence-electron chi connectivity index (χ1n) is 7.42. The van der Waals surface area contributed by atoms with Gasteiger partial charge in [0.25, 0.3) is 0 Å². The topological polar surface area (TPSA) is 67.2 Å². The summed E-state index contributed by atoms with van der Waals surface area (Å²) in [4.78, 5) is 0.197. The summed E-state index contributed by atoms with van der Waals surface area (Å²) in [6.45, 7) is 0.878. The van der Waals surface area contributed by atoms with E-state index in [0.29, 0.717) is 18.1 Å². The number of sulfone groups is 1. The van der Waals surface area contributed by atoms with Gasteiger partial charge in [0.05, 0.1) is 28.9 Å². The van der Waals surface area contributed by atoms with E-state index >= 15 is 0 Å². The number of hydrogen-bond acceptors (Lipinski definition) is 4. The Morgan fingerprint density at radius 3 is 2.71 bits per heavy atom. The predicted molar refractivity (Wildman–Crippen MR) is 80.6 cm³/mol. The van der Waals surface area contributed by atoms with Crippen molar-refractivity contribution >= 4 is 9.84 Å². The van der Waals surface area contributed by atoms with Gasteiger partial charge in [0, 0.05) is 6.61 Å². The Labute approximate surface area is 126 Å². The normalized spacial score (nSPS) is 16.5. The molecule has 1 fully saturated rings. The average molecular weight is 307 g/mol. The Morgan fingerprint density at radius 1 is 1.24 bits per heavy atom. The molecular formula is C16H21NO3S. The summed E-state index contributed by atoms with van der Waals surface area (Å²) < 4.78 is 29.9. The van der Waals surface area contributed by atoms with Gasteiger partial charge in [-0.3, -0.25) is 0 Å². The van der Waals surface area contributed by atoms with Crippen molar-refractivity contribution in [2.24, 2.45) is 5.92 Å². The fourth-order valence-corrected chi connectivity index (χ4v) is 3.81. The molecule has 5 heteroatoms. The van der Waals surface area contributed by atoms with Gasteiger partial charge in [0.2, 0.25) is 0 Å². The number of hydrogen-bond donors (Lipinski definition) is 0. The SMILES string of the molecule is N#Cc1cccc(S(=O)(=O)CCOCC2CCCCC2)c1. The predicted octanol–water partition coefficient (Wildman–Crippen LogP) is 2.93. The summed E-state index contributed by atoms with van der Waals surface area (Å²) in [7, 11) is -3.37. The first-order chi connectivity index (χ1) is 10.1. The van der Waals surface area contributed by atoms with Gasteiger partial charge in [-0.15, -0.1) is 0 Å². The highest BCUT2D eigenvalue weighted by molar-refractivity contribution is 7.91. The van der Waals surface area contributed by atoms with Gasteiger partial charge >= 0.3 is 0 Å². The van der Waals surface area contributed by atoms with Gasteiger partial charge in [-0.2, -0.15) is 5.26 Å². The molecule has 1 aromatic carbocycles. The lowest BCUT2D eigenvalue weighted by Gasteiger charge is -2.21. The highest BCUT2D eigenvalue weighted by Crippen LogP contribution is 2.23. The molecule has 2 rings (SSSR count). The van der Waals surface area contributed by atoms with Crippen LogP contribution in [0.25, 0.3) is 0 Å². The van der Waals surface area contributed by atoms with Crippen LogP contribution >= 0.6 is 0 Å². The van der Waals surface area contributed by atoms with Crippen molar-refractivity contribution in [2.75, 3.05) is 19.0 Å². The number of benzene rings is 1. The van der Waals surface area contributed by atoms with Gasteiger partial charge in [-0.25, -0.2) is 8.42 Å². The second-order valence-corrected chi connectivity index (χ2v) is 7.65. The van der Waals surface area contributed by atoms with Crippen LogP contribution in [0.1, 0.15) is 37.7 Å².